The van der Waals surface area contributed by atoms with E-state index in [9.17, 15) is 8.78 Å². The van der Waals surface area contributed by atoms with E-state index >= 15 is 0 Å². The summed E-state index contributed by atoms with van der Waals surface area (Å²) < 4.78 is 32.2. The van der Waals surface area contributed by atoms with E-state index in [0.717, 1.165) is 6.07 Å². The lowest BCUT2D eigenvalue weighted by atomic mass is 10.3. The van der Waals surface area contributed by atoms with Gasteiger partial charge in [0, 0.05) is 0 Å². The molecule has 0 unspecified atom stereocenters. The van der Waals surface area contributed by atoms with Crippen molar-refractivity contribution in [3.05, 3.63) is 58.6 Å². The van der Waals surface area contributed by atoms with Crippen molar-refractivity contribution >= 4 is 15.9 Å². The third-order valence-electron chi connectivity index (χ3n) is 1.97. The van der Waals surface area contributed by atoms with Crippen molar-refractivity contribution in [1.82, 2.24) is 0 Å². The van der Waals surface area contributed by atoms with Crippen molar-refractivity contribution in [1.29, 1.82) is 0 Å². The maximum atomic E-state index is 13.3. The van der Waals surface area contributed by atoms with Gasteiger partial charge in [-0.15, -0.1) is 0 Å². The lowest BCUT2D eigenvalue weighted by molar-refractivity contribution is 0.414. The molecule has 4 heteroatoms. The fourth-order valence-corrected chi connectivity index (χ4v) is 1.57. The van der Waals surface area contributed by atoms with Gasteiger partial charge in [0.05, 0.1) is 4.47 Å². The second-order valence-corrected chi connectivity index (χ2v) is 3.94. The summed E-state index contributed by atoms with van der Waals surface area (Å²) in [5, 5.41) is 0. The number of ether oxygens (including phenoxy) is 1. The van der Waals surface area contributed by atoms with Gasteiger partial charge < -0.3 is 4.74 Å². The fourth-order valence-electron chi connectivity index (χ4n) is 1.21. The molecule has 0 aliphatic carbocycles. The standard InChI is InChI=1S/C12H7BrF2O/c13-8-4-1-2-6-10(8)16-11-7-3-5-9(14)12(11)15/h1-7H. The SMILES string of the molecule is Fc1cccc(Oc2ccccc2Br)c1F. The molecule has 0 aromatic heterocycles. The first-order valence-electron chi connectivity index (χ1n) is 4.55. The van der Waals surface area contributed by atoms with Crippen LogP contribution in [0.25, 0.3) is 0 Å². The zero-order chi connectivity index (χ0) is 11.5. The summed E-state index contributed by atoms with van der Waals surface area (Å²) in [6.07, 6.45) is 0. The normalized spacial score (nSPS) is 10.2. The van der Waals surface area contributed by atoms with E-state index in [1.807, 2.05) is 0 Å². The average Bonchev–Trinajstić information content (AvgIpc) is 2.28. The molecule has 2 aromatic rings. The maximum absolute atomic E-state index is 13.3. The molecule has 0 bridgehead atoms. The Morgan fingerprint density at radius 3 is 2.31 bits per heavy atom. The van der Waals surface area contributed by atoms with Gasteiger partial charge in [0.1, 0.15) is 5.75 Å². The number of rotatable bonds is 2. The predicted molar refractivity (Wildman–Crippen MR) is 60.6 cm³/mol. The molecule has 0 fully saturated rings. The maximum Gasteiger partial charge on any atom is 0.201 e. The first-order chi connectivity index (χ1) is 7.68. The van der Waals surface area contributed by atoms with Crippen molar-refractivity contribution in [2.75, 3.05) is 0 Å². The Bertz CT molecular complexity index is 514. The number of hydrogen-bond acceptors (Lipinski definition) is 1. The van der Waals surface area contributed by atoms with E-state index in [1.165, 1.54) is 12.1 Å². The molecule has 1 nitrogen and oxygen atoms in total. The van der Waals surface area contributed by atoms with E-state index in [0.29, 0.717) is 10.2 Å². The molecule has 0 aliphatic rings. The molecule has 0 N–H and O–H groups in total. The number of benzene rings is 2. The molecule has 0 amide bonds. The molecule has 82 valence electrons. The molecule has 0 heterocycles. The van der Waals surface area contributed by atoms with Gasteiger partial charge in [-0.3, -0.25) is 0 Å². The van der Waals surface area contributed by atoms with Crippen LogP contribution in [-0.4, -0.2) is 0 Å². The van der Waals surface area contributed by atoms with Gasteiger partial charge in [0.25, 0.3) is 0 Å². The summed E-state index contributed by atoms with van der Waals surface area (Å²) in [5.74, 6) is -1.61. The van der Waals surface area contributed by atoms with Crippen LogP contribution in [0.15, 0.2) is 46.9 Å². The molecule has 2 rings (SSSR count). The highest BCUT2D eigenvalue weighted by molar-refractivity contribution is 9.10. The summed E-state index contributed by atoms with van der Waals surface area (Å²) in [6, 6.07) is 10.8. The Morgan fingerprint density at radius 1 is 0.875 bits per heavy atom. The molecule has 0 saturated carbocycles. The summed E-state index contributed by atoms with van der Waals surface area (Å²) in [7, 11) is 0. The minimum Gasteiger partial charge on any atom is -0.453 e. The molecule has 16 heavy (non-hydrogen) atoms. The predicted octanol–water partition coefficient (Wildman–Crippen LogP) is 4.52. The quantitative estimate of drug-likeness (QED) is 0.788. The minimum absolute atomic E-state index is 0.132. The van der Waals surface area contributed by atoms with Crippen molar-refractivity contribution in [3.8, 4) is 11.5 Å². The fraction of sp³-hybridized carbons (Fsp3) is 0. The van der Waals surface area contributed by atoms with E-state index in [1.54, 1.807) is 24.3 Å². The van der Waals surface area contributed by atoms with Crippen molar-refractivity contribution in [2.45, 2.75) is 0 Å². The van der Waals surface area contributed by atoms with Gasteiger partial charge >= 0.3 is 0 Å². The second-order valence-electron chi connectivity index (χ2n) is 3.08. The Balaban J connectivity index is 2.35. The first kappa shape index (κ1) is 11.1. The summed E-state index contributed by atoms with van der Waals surface area (Å²) in [6.45, 7) is 0. The molecule has 0 radical (unpaired) electrons. The third-order valence-corrected chi connectivity index (χ3v) is 2.63. The molecule has 0 atom stereocenters. The van der Waals surface area contributed by atoms with Crippen LogP contribution >= 0.6 is 15.9 Å². The van der Waals surface area contributed by atoms with E-state index in [4.69, 9.17) is 4.74 Å². The smallest absolute Gasteiger partial charge is 0.201 e. The minimum atomic E-state index is -0.988. The lowest BCUT2D eigenvalue weighted by Crippen LogP contribution is -1.91. The second kappa shape index (κ2) is 4.61. The summed E-state index contributed by atoms with van der Waals surface area (Å²) in [5.41, 5.74) is 0. The molecular weight excluding hydrogens is 278 g/mol. The summed E-state index contributed by atoms with van der Waals surface area (Å²) in [4.78, 5) is 0. The Kier molecular flexibility index (Phi) is 3.19. The zero-order valence-electron chi connectivity index (χ0n) is 8.08. The monoisotopic (exact) mass is 284 g/mol. The molecule has 2 aromatic carbocycles. The van der Waals surface area contributed by atoms with Gasteiger partial charge in [-0.05, 0) is 40.2 Å². The highest BCUT2D eigenvalue weighted by atomic mass is 79.9. The Labute approximate surface area is 99.8 Å². The van der Waals surface area contributed by atoms with Crippen molar-refractivity contribution < 1.29 is 13.5 Å². The van der Waals surface area contributed by atoms with Crippen LogP contribution in [0, 0.1) is 11.6 Å². The van der Waals surface area contributed by atoms with Crippen LogP contribution in [0.1, 0.15) is 0 Å². The van der Waals surface area contributed by atoms with Crippen LogP contribution in [0.4, 0.5) is 8.78 Å². The largest absolute Gasteiger partial charge is 0.453 e. The van der Waals surface area contributed by atoms with Crippen LogP contribution in [0.5, 0.6) is 11.5 Å². The molecular formula is C12H7BrF2O. The highest BCUT2D eigenvalue weighted by Crippen LogP contribution is 2.31. The third kappa shape index (κ3) is 2.22. The van der Waals surface area contributed by atoms with Crippen LogP contribution in [0.3, 0.4) is 0 Å². The van der Waals surface area contributed by atoms with Crippen LogP contribution < -0.4 is 4.74 Å². The zero-order valence-corrected chi connectivity index (χ0v) is 9.67. The summed E-state index contributed by atoms with van der Waals surface area (Å²) >= 11 is 3.26. The van der Waals surface area contributed by atoms with Crippen LogP contribution in [-0.2, 0) is 0 Å². The topological polar surface area (TPSA) is 9.23 Å². The molecule has 0 aliphatic heterocycles. The average molecular weight is 285 g/mol. The van der Waals surface area contributed by atoms with E-state index in [-0.39, 0.29) is 5.75 Å². The Morgan fingerprint density at radius 2 is 1.56 bits per heavy atom. The number of hydrogen-bond donors (Lipinski definition) is 0. The number of halogens is 3. The van der Waals surface area contributed by atoms with Gasteiger partial charge in [0.15, 0.2) is 11.6 Å². The van der Waals surface area contributed by atoms with Crippen LogP contribution in [0.2, 0.25) is 0 Å². The molecule has 0 saturated heterocycles. The highest BCUT2D eigenvalue weighted by Gasteiger charge is 2.10. The van der Waals surface area contributed by atoms with Gasteiger partial charge in [0.2, 0.25) is 5.82 Å². The lowest BCUT2D eigenvalue weighted by Gasteiger charge is -2.08. The number of para-hydroxylation sites is 1. The van der Waals surface area contributed by atoms with E-state index < -0.39 is 11.6 Å². The molecule has 0 spiro atoms. The van der Waals surface area contributed by atoms with Crippen molar-refractivity contribution in [2.24, 2.45) is 0 Å². The Hall–Kier alpha value is -1.42. The van der Waals surface area contributed by atoms with E-state index in [2.05, 4.69) is 15.9 Å². The first-order valence-corrected chi connectivity index (χ1v) is 5.34. The van der Waals surface area contributed by atoms with Gasteiger partial charge in [-0.1, -0.05) is 18.2 Å². The van der Waals surface area contributed by atoms with Gasteiger partial charge in [-0.25, -0.2) is 4.39 Å². The van der Waals surface area contributed by atoms with Gasteiger partial charge in [-0.2, -0.15) is 4.39 Å². The van der Waals surface area contributed by atoms with Crippen molar-refractivity contribution in [3.63, 3.8) is 0 Å².